The summed E-state index contributed by atoms with van der Waals surface area (Å²) in [6.45, 7) is 2.27. The summed E-state index contributed by atoms with van der Waals surface area (Å²) in [5.74, 6) is 1.51. The van der Waals surface area contributed by atoms with E-state index in [1.54, 1.807) is 40.8 Å². The zero-order valence-electron chi connectivity index (χ0n) is 23.9. The first kappa shape index (κ1) is 31.7. The zero-order chi connectivity index (χ0) is 32.4. The molecule has 5 rings (SSSR count). The van der Waals surface area contributed by atoms with Crippen molar-refractivity contribution in [2.45, 2.75) is 51.6 Å². The molecule has 1 N–H and O–H groups in total. The van der Waals surface area contributed by atoms with Crippen LogP contribution in [0.3, 0.4) is 0 Å². The number of fused-ring (bicyclic) bond motifs is 1. The minimum Gasteiger partial charge on any atom is -0.497 e. The third-order valence-electron chi connectivity index (χ3n) is 6.77. The fraction of sp³-hybridized carbons (Fsp3) is 0.407. The van der Waals surface area contributed by atoms with E-state index in [1.807, 2.05) is 0 Å². The van der Waals surface area contributed by atoms with Crippen LogP contribution in [0.4, 0.5) is 38.0 Å². The fourth-order valence-corrected chi connectivity index (χ4v) is 4.57. The van der Waals surface area contributed by atoms with E-state index in [9.17, 15) is 31.1 Å². The van der Waals surface area contributed by atoms with Gasteiger partial charge in [-0.1, -0.05) is 12.1 Å². The van der Waals surface area contributed by atoms with Crippen LogP contribution in [0.2, 0.25) is 0 Å². The molecule has 3 aromatic heterocycles. The molecule has 0 spiro atoms. The standard InChI is InChI=1S/C27H27F6N9O3/c1-16(37-20-11-36-42(24(43)23(20)27(31,32)33)12-17-3-5-19(44-2)6-4-17)14-45-15-21-38-22-13-40(7-8-41(22)39-21)25-34-9-18(10-35-25)26(28,29)30/h3-6,9-11,16,37H,7-8,12-15H2,1-2H3/t16-/m0/s1. The molecule has 0 saturated heterocycles. The van der Waals surface area contributed by atoms with E-state index >= 15 is 0 Å². The molecular formula is C27H27F6N9O3. The number of anilines is 2. The van der Waals surface area contributed by atoms with Crippen molar-refractivity contribution < 1.29 is 35.8 Å². The molecule has 1 aliphatic heterocycles. The Kier molecular flexibility index (Phi) is 8.94. The minimum atomic E-state index is -4.94. The highest BCUT2D eigenvalue weighted by Gasteiger charge is 2.38. The summed E-state index contributed by atoms with van der Waals surface area (Å²) in [6.07, 6.45) is -7.08. The molecule has 0 radical (unpaired) electrons. The summed E-state index contributed by atoms with van der Waals surface area (Å²) in [7, 11) is 1.48. The van der Waals surface area contributed by atoms with Crippen molar-refractivity contribution in [2.24, 2.45) is 0 Å². The van der Waals surface area contributed by atoms with Crippen LogP contribution in [-0.2, 0) is 43.3 Å². The Labute approximate surface area is 251 Å². The molecule has 1 atom stereocenters. The molecule has 1 aromatic carbocycles. The van der Waals surface area contributed by atoms with Gasteiger partial charge >= 0.3 is 12.4 Å². The Morgan fingerprint density at radius 2 is 1.71 bits per heavy atom. The van der Waals surface area contributed by atoms with Crippen LogP contribution in [0, 0.1) is 0 Å². The molecule has 4 heterocycles. The van der Waals surface area contributed by atoms with Gasteiger partial charge in [-0.3, -0.25) is 4.79 Å². The Hall–Kier alpha value is -4.74. The second kappa shape index (κ2) is 12.7. The van der Waals surface area contributed by atoms with Gasteiger partial charge in [-0.15, -0.1) is 0 Å². The molecular weight excluding hydrogens is 612 g/mol. The number of hydrogen-bond donors (Lipinski definition) is 1. The number of ether oxygens (including phenoxy) is 2. The second-order valence-electron chi connectivity index (χ2n) is 10.2. The van der Waals surface area contributed by atoms with Crippen LogP contribution in [0.1, 0.15) is 35.3 Å². The molecule has 240 valence electrons. The topological polar surface area (TPSA) is 125 Å². The number of hydrogen-bond acceptors (Lipinski definition) is 10. The van der Waals surface area contributed by atoms with Crippen LogP contribution in [-0.4, -0.2) is 60.8 Å². The van der Waals surface area contributed by atoms with Gasteiger partial charge in [0.2, 0.25) is 5.95 Å². The lowest BCUT2D eigenvalue weighted by Gasteiger charge is -2.26. The molecule has 0 bridgehead atoms. The highest BCUT2D eigenvalue weighted by atomic mass is 19.4. The van der Waals surface area contributed by atoms with Gasteiger partial charge in [0, 0.05) is 25.0 Å². The van der Waals surface area contributed by atoms with E-state index in [1.165, 1.54) is 7.11 Å². The number of halogens is 6. The van der Waals surface area contributed by atoms with Gasteiger partial charge in [0.1, 0.15) is 23.7 Å². The van der Waals surface area contributed by atoms with Gasteiger partial charge in [0.15, 0.2) is 5.82 Å². The molecule has 1 aliphatic rings. The van der Waals surface area contributed by atoms with Crippen LogP contribution in [0.5, 0.6) is 5.75 Å². The largest absolute Gasteiger partial charge is 0.497 e. The first-order valence-corrected chi connectivity index (χ1v) is 13.5. The maximum atomic E-state index is 14.0. The van der Waals surface area contributed by atoms with Crippen molar-refractivity contribution in [1.29, 1.82) is 0 Å². The van der Waals surface area contributed by atoms with Crippen LogP contribution in [0.15, 0.2) is 47.7 Å². The summed E-state index contributed by atoms with van der Waals surface area (Å²) in [6, 6.07) is 5.85. The van der Waals surface area contributed by atoms with Crippen molar-refractivity contribution in [3.8, 4) is 5.75 Å². The predicted molar refractivity (Wildman–Crippen MR) is 146 cm³/mol. The van der Waals surface area contributed by atoms with E-state index in [0.717, 1.165) is 23.3 Å². The van der Waals surface area contributed by atoms with Gasteiger partial charge < -0.3 is 19.7 Å². The predicted octanol–water partition coefficient (Wildman–Crippen LogP) is 3.76. The van der Waals surface area contributed by atoms with Crippen LogP contribution in [0.25, 0.3) is 0 Å². The third kappa shape index (κ3) is 7.50. The van der Waals surface area contributed by atoms with Crippen molar-refractivity contribution in [1.82, 2.24) is 34.5 Å². The maximum Gasteiger partial charge on any atom is 0.423 e. The maximum absolute atomic E-state index is 14.0. The van der Waals surface area contributed by atoms with E-state index in [2.05, 4.69) is 30.5 Å². The first-order valence-electron chi connectivity index (χ1n) is 13.5. The van der Waals surface area contributed by atoms with Crippen molar-refractivity contribution in [3.05, 3.63) is 81.5 Å². The Morgan fingerprint density at radius 3 is 2.36 bits per heavy atom. The molecule has 0 unspecified atom stereocenters. The van der Waals surface area contributed by atoms with Crippen molar-refractivity contribution in [2.75, 3.05) is 30.5 Å². The van der Waals surface area contributed by atoms with E-state index < -0.39 is 40.8 Å². The molecule has 12 nitrogen and oxygen atoms in total. The minimum absolute atomic E-state index is 0.0539. The van der Waals surface area contributed by atoms with Gasteiger partial charge in [-0.25, -0.2) is 24.3 Å². The Morgan fingerprint density at radius 1 is 1.00 bits per heavy atom. The number of rotatable bonds is 10. The van der Waals surface area contributed by atoms with Crippen LogP contribution >= 0.6 is 0 Å². The number of benzene rings is 1. The average Bonchev–Trinajstić information content (AvgIpc) is 3.40. The lowest BCUT2D eigenvalue weighted by Crippen LogP contribution is -2.35. The Bertz CT molecular complexity index is 1670. The molecule has 45 heavy (non-hydrogen) atoms. The third-order valence-corrected chi connectivity index (χ3v) is 6.77. The number of methoxy groups -OCH3 is 1. The van der Waals surface area contributed by atoms with E-state index in [-0.39, 0.29) is 32.3 Å². The number of alkyl halides is 6. The van der Waals surface area contributed by atoms with Crippen molar-refractivity contribution >= 4 is 11.6 Å². The number of aromatic nitrogens is 7. The molecule has 0 amide bonds. The highest BCUT2D eigenvalue weighted by Crippen LogP contribution is 2.32. The SMILES string of the molecule is COc1ccc(Cn2ncc(N[C@@H](C)COCc3nc4n(n3)CCN(c3ncc(C(F)(F)F)cn3)C4)c(C(F)(F)F)c2=O)cc1. The second-order valence-corrected chi connectivity index (χ2v) is 10.2. The van der Waals surface area contributed by atoms with Gasteiger partial charge in [0.25, 0.3) is 5.56 Å². The van der Waals surface area contributed by atoms with E-state index in [4.69, 9.17) is 9.47 Å². The molecule has 0 fully saturated rings. The molecule has 18 heteroatoms. The number of nitrogens with one attached hydrogen (secondary N) is 1. The quantitative estimate of drug-likeness (QED) is 0.257. The van der Waals surface area contributed by atoms with E-state index in [0.29, 0.717) is 36.1 Å². The van der Waals surface area contributed by atoms with Gasteiger partial charge in [-0.05, 0) is 24.6 Å². The monoisotopic (exact) mass is 639 g/mol. The zero-order valence-corrected chi connectivity index (χ0v) is 23.9. The lowest BCUT2D eigenvalue weighted by molar-refractivity contribution is -0.139. The molecule has 0 saturated carbocycles. The summed E-state index contributed by atoms with van der Waals surface area (Å²) in [4.78, 5) is 26.5. The normalized spacial score (nSPS) is 14.3. The van der Waals surface area contributed by atoms with Gasteiger partial charge in [-0.2, -0.15) is 36.5 Å². The summed E-state index contributed by atoms with van der Waals surface area (Å²) >= 11 is 0. The lowest BCUT2D eigenvalue weighted by atomic mass is 10.2. The van der Waals surface area contributed by atoms with Gasteiger partial charge in [0.05, 0.1) is 50.8 Å². The number of nitrogens with zero attached hydrogens (tertiary/aromatic N) is 8. The highest BCUT2D eigenvalue weighted by molar-refractivity contribution is 5.50. The fourth-order valence-electron chi connectivity index (χ4n) is 4.57. The first-order chi connectivity index (χ1) is 21.3. The average molecular weight is 640 g/mol. The summed E-state index contributed by atoms with van der Waals surface area (Å²) < 4.78 is 93.4. The summed E-state index contributed by atoms with van der Waals surface area (Å²) in [5.41, 5.74) is -3.52. The Balaban J connectivity index is 1.18. The molecule has 0 aliphatic carbocycles. The van der Waals surface area contributed by atoms with Crippen molar-refractivity contribution in [3.63, 3.8) is 0 Å². The smallest absolute Gasteiger partial charge is 0.423 e. The van der Waals surface area contributed by atoms with Crippen LogP contribution < -0.4 is 20.5 Å². The molecule has 4 aromatic rings. The summed E-state index contributed by atoms with van der Waals surface area (Å²) in [5, 5.41) is 10.9.